The Morgan fingerprint density at radius 1 is 1.32 bits per heavy atom. The van der Waals surface area contributed by atoms with Gasteiger partial charge in [0, 0.05) is 18.3 Å². The van der Waals surface area contributed by atoms with Gasteiger partial charge in [0.1, 0.15) is 6.61 Å². The summed E-state index contributed by atoms with van der Waals surface area (Å²) in [6.07, 6.45) is -1.97. The molecule has 0 aromatic heterocycles. The molecule has 116 valence electrons. The van der Waals surface area contributed by atoms with Crippen molar-refractivity contribution in [3.63, 3.8) is 0 Å². The van der Waals surface area contributed by atoms with Gasteiger partial charge in [-0.2, -0.15) is 0 Å². The van der Waals surface area contributed by atoms with Gasteiger partial charge in [0.15, 0.2) is 0 Å². The summed E-state index contributed by atoms with van der Waals surface area (Å²) in [5.41, 5.74) is 2.06. The summed E-state index contributed by atoms with van der Waals surface area (Å²) in [5.74, 6) is -0.595. The van der Waals surface area contributed by atoms with Gasteiger partial charge in [0.25, 0.3) is 0 Å². The highest BCUT2D eigenvalue weighted by Crippen LogP contribution is 2.31. The summed E-state index contributed by atoms with van der Waals surface area (Å²) in [6.45, 7) is 0.218. The Kier molecular flexibility index (Phi) is 3.36. The monoisotopic (exact) mass is 306 g/mol. The Morgan fingerprint density at radius 2 is 2.09 bits per heavy atom. The van der Waals surface area contributed by atoms with Crippen LogP contribution in [0.4, 0.5) is 21.0 Å². The number of ether oxygens (including phenoxy) is 3. The Morgan fingerprint density at radius 3 is 2.82 bits per heavy atom. The fourth-order valence-electron chi connectivity index (χ4n) is 2.45. The summed E-state index contributed by atoms with van der Waals surface area (Å²) in [6, 6.07) is 5.15. The molecule has 0 saturated carbocycles. The highest BCUT2D eigenvalue weighted by atomic mass is 16.6. The molecule has 2 amide bonds. The Bertz CT molecular complexity index is 659. The number of cyclic esters (lactones) is 2. The lowest BCUT2D eigenvalue weighted by Crippen LogP contribution is -2.32. The molecule has 0 bridgehead atoms. The molecule has 2 aliphatic rings. The van der Waals surface area contributed by atoms with Gasteiger partial charge < -0.3 is 14.2 Å². The van der Waals surface area contributed by atoms with E-state index in [2.05, 4.69) is 4.74 Å². The van der Waals surface area contributed by atoms with Gasteiger partial charge in [-0.15, -0.1) is 0 Å². The predicted molar refractivity (Wildman–Crippen MR) is 74.7 cm³/mol. The number of amides is 2. The average molecular weight is 306 g/mol. The standard InChI is InChI=1S/C14H14N2O6/c1-15-10-4-3-9(5-8(10)7-21-13(15)18)16-6-11(12(17)20-2)22-14(16)19/h3-5,11H,6-7H2,1-2H3/t11-/m1/s1. The molecule has 1 atom stereocenters. The van der Waals surface area contributed by atoms with E-state index in [0.29, 0.717) is 5.69 Å². The van der Waals surface area contributed by atoms with Crippen molar-refractivity contribution in [1.82, 2.24) is 0 Å². The summed E-state index contributed by atoms with van der Waals surface area (Å²) in [4.78, 5) is 37.6. The van der Waals surface area contributed by atoms with E-state index in [9.17, 15) is 14.4 Å². The minimum atomic E-state index is -0.936. The fraction of sp³-hybridized carbons (Fsp3) is 0.357. The first-order valence-electron chi connectivity index (χ1n) is 6.60. The Labute approximate surface area is 126 Å². The summed E-state index contributed by atoms with van der Waals surface area (Å²) in [7, 11) is 2.85. The highest BCUT2D eigenvalue weighted by Gasteiger charge is 2.38. The second-order valence-corrected chi connectivity index (χ2v) is 4.93. The van der Waals surface area contributed by atoms with Gasteiger partial charge in [-0.1, -0.05) is 0 Å². The van der Waals surface area contributed by atoms with Gasteiger partial charge in [-0.25, -0.2) is 14.4 Å². The third-order valence-corrected chi connectivity index (χ3v) is 3.64. The third kappa shape index (κ3) is 2.22. The van der Waals surface area contributed by atoms with Gasteiger partial charge in [-0.3, -0.25) is 9.80 Å². The maximum Gasteiger partial charge on any atom is 0.415 e. The Hall–Kier alpha value is -2.77. The maximum absolute atomic E-state index is 11.9. The molecule has 2 aliphatic heterocycles. The zero-order chi connectivity index (χ0) is 15.9. The molecule has 8 nitrogen and oxygen atoms in total. The molecule has 3 rings (SSSR count). The lowest BCUT2D eigenvalue weighted by molar-refractivity contribution is -0.148. The van der Waals surface area contributed by atoms with Crippen molar-refractivity contribution >= 4 is 29.5 Å². The van der Waals surface area contributed by atoms with Crippen molar-refractivity contribution in [1.29, 1.82) is 0 Å². The van der Waals surface area contributed by atoms with E-state index in [1.54, 1.807) is 25.2 Å². The first-order chi connectivity index (χ1) is 10.5. The topological polar surface area (TPSA) is 85.4 Å². The van der Waals surface area contributed by atoms with Crippen LogP contribution >= 0.6 is 0 Å². The Balaban J connectivity index is 1.86. The van der Waals surface area contributed by atoms with Crippen LogP contribution in [0.5, 0.6) is 0 Å². The van der Waals surface area contributed by atoms with E-state index >= 15 is 0 Å². The largest absolute Gasteiger partial charge is 0.466 e. The maximum atomic E-state index is 11.9. The van der Waals surface area contributed by atoms with Crippen LogP contribution in [0, 0.1) is 0 Å². The highest BCUT2D eigenvalue weighted by molar-refractivity contribution is 5.95. The SMILES string of the molecule is COC(=O)[C@H]1CN(c2ccc3c(c2)COC(=O)N3C)C(=O)O1. The normalized spacial score (nSPS) is 20.4. The molecular weight excluding hydrogens is 292 g/mol. The zero-order valence-electron chi connectivity index (χ0n) is 12.1. The lowest BCUT2D eigenvalue weighted by atomic mass is 10.1. The second-order valence-electron chi connectivity index (χ2n) is 4.93. The van der Waals surface area contributed by atoms with E-state index < -0.39 is 24.3 Å². The molecule has 1 fully saturated rings. The molecule has 1 saturated heterocycles. The molecule has 0 N–H and O–H groups in total. The first kappa shape index (κ1) is 14.2. The lowest BCUT2D eigenvalue weighted by Gasteiger charge is -2.26. The number of carbonyl (C=O) groups is 3. The number of benzene rings is 1. The zero-order valence-corrected chi connectivity index (χ0v) is 12.1. The van der Waals surface area contributed by atoms with Crippen LogP contribution in [0.25, 0.3) is 0 Å². The van der Waals surface area contributed by atoms with Crippen molar-refractivity contribution < 1.29 is 28.6 Å². The molecule has 8 heteroatoms. The van der Waals surface area contributed by atoms with E-state index in [-0.39, 0.29) is 13.2 Å². The molecule has 2 heterocycles. The predicted octanol–water partition coefficient (Wildman–Crippen LogP) is 1.27. The molecule has 0 unspecified atom stereocenters. The first-order valence-corrected chi connectivity index (χ1v) is 6.60. The minimum absolute atomic E-state index is 0.0833. The van der Waals surface area contributed by atoms with Crippen LogP contribution < -0.4 is 9.80 Å². The number of methoxy groups -OCH3 is 1. The minimum Gasteiger partial charge on any atom is -0.466 e. The molecule has 0 aliphatic carbocycles. The third-order valence-electron chi connectivity index (χ3n) is 3.64. The molecule has 22 heavy (non-hydrogen) atoms. The fourth-order valence-corrected chi connectivity index (χ4v) is 2.45. The number of anilines is 2. The average Bonchev–Trinajstić information content (AvgIpc) is 2.92. The van der Waals surface area contributed by atoms with Crippen molar-refractivity contribution in [3.05, 3.63) is 23.8 Å². The van der Waals surface area contributed by atoms with Crippen LogP contribution in [0.3, 0.4) is 0 Å². The number of fused-ring (bicyclic) bond motifs is 1. The van der Waals surface area contributed by atoms with Crippen LogP contribution in [-0.4, -0.2) is 45.0 Å². The van der Waals surface area contributed by atoms with Crippen molar-refractivity contribution in [2.45, 2.75) is 12.7 Å². The number of hydrogen-bond donors (Lipinski definition) is 0. The number of hydrogen-bond acceptors (Lipinski definition) is 6. The quantitative estimate of drug-likeness (QED) is 0.604. The van der Waals surface area contributed by atoms with Gasteiger partial charge in [-0.05, 0) is 18.2 Å². The molecule has 1 aromatic rings. The van der Waals surface area contributed by atoms with Crippen LogP contribution in [0.2, 0.25) is 0 Å². The van der Waals surface area contributed by atoms with Gasteiger partial charge in [0.2, 0.25) is 6.10 Å². The van der Waals surface area contributed by atoms with Gasteiger partial charge in [0.05, 0.1) is 19.3 Å². The van der Waals surface area contributed by atoms with Crippen LogP contribution in [-0.2, 0) is 25.6 Å². The summed E-state index contributed by atoms with van der Waals surface area (Å²) < 4.78 is 14.6. The summed E-state index contributed by atoms with van der Waals surface area (Å²) >= 11 is 0. The molecule has 0 radical (unpaired) electrons. The van der Waals surface area contributed by atoms with E-state index in [0.717, 1.165) is 11.3 Å². The smallest absolute Gasteiger partial charge is 0.415 e. The molecule has 0 spiro atoms. The number of esters is 1. The van der Waals surface area contributed by atoms with Crippen molar-refractivity contribution in [3.8, 4) is 0 Å². The number of carbonyl (C=O) groups excluding carboxylic acids is 3. The van der Waals surface area contributed by atoms with Crippen molar-refractivity contribution in [2.24, 2.45) is 0 Å². The second kappa shape index (κ2) is 5.21. The van der Waals surface area contributed by atoms with Crippen LogP contribution in [0.1, 0.15) is 5.56 Å². The summed E-state index contributed by atoms with van der Waals surface area (Å²) in [5, 5.41) is 0. The van der Waals surface area contributed by atoms with E-state index in [1.807, 2.05) is 0 Å². The molecule has 1 aromatic carbocycles. The number of rotatable bonds is 2. The molecular formula is C14H14N2O6. The van der Waals surface area contributed by atoms with Gasteiger partial charge >= 0.3 is 18.2 Å². The van der Waals surface area contributed by atoms with E-state index in [4.69, 9.17) is 9.47 Å². The van der Waals surface area contributed by atoms with E-state index in [1.165, 1.54) is 16.9 Å². The number of nitrogens with zero attached hydrogens (tertiary/aromatic N) is 2. The van der Waals surface area contributed by atoms with Crippen LogP contribution in [0.15, 0.2) is 18.2 Å². The van der Waals surface area contributed by atoms with Crippen molar-refractivity contribution in [2.75, 3.05) is 30.5 Å².